The van der Waals surface area contributed by atoms with Crippen LogP contribution in [0, 0.1) is 6.92 Å². The molecule has 1 aliphatic heterocycles. The number of aryl methyl sites for hydroxylation is 1. The van der Waals surface area contributed by atoms with Gasteiger partial charge in [-0.25, -0.2) is 9.69 Å². The van der Waals surface area contributed by atoms with E-state index >= 15 is 0 Å². The fourth-order valence-electron chi connectivity index (χ4n) is 4.03. The van der Waals surface area contributed by atoms with E-state index in [9.17, 15) is 22.8 Å². The lowest BCUT2D eigenvalue weighted by molar-refractivity contribution is -0.122. The van der Waals surface area contributed by atoms with Crippen LogP contribution in [0.25, 0.3) is 6.08 Å². The van der Waals surface area contributed by atoms with Gasteiger partial charge in [0.25, 0.3) is 11.8 Å². The van der Waals surface area contributed by atoms with Gasteiger partial charge in [0, 0.05) is 10.6 Å². The van der Waals surface area contributed by atoms with E-state index in [1.807, 2.05) is 25.1 Å². The van der Waals surface area contributed by atoms with E-state index in [1.54, 1.807) is 30.3 Å². The second kappa shape index (κ2) is 11.9. The molecule has 11 heteroatoms. The third kappa shape index (κ3) is 6.35. The summed E-state index contributed by atoms with van der Waals surface area (Å²) in [6.07, 6.45) is 1.30. The van der Waals surface area contributed by atoms with Crippen molar-refractivity contribution < 1.29 is 31.7 Å². The minimum absolute atomic E-state index is 0.00807. The van der Waals surface area contributed by atoms with Crippen LogP contribution in [0.15, 0.2) is 108 Å². The SMILES string of the molecule is Cc1ccc(S(=O)(=O)Oc2ccc(/C=C3\C(=O)NC(=O)N(c4ccc(OCc5ccccc5Cl)cc4)C3=O)cc2)cc1. The standard InChI is InChI=1S/C31H23ClN2O7S/c1-20-6-16-26(17-7-20)42(38,39)41-25-12-8-21(9-13-25)18-27-29(35)33-31(37)34(30(27)36)23-10-14-24(15-11-23)40-19-22-4-2-3-5-28(22)32/h2-18H,19H2,1H3,(H,33,35,37)/b27-18+. The average Bonchev–Trinajstić information content (AvgIpc) is 2.96. The van der Waals surface area contributed by atoms with Gasteiger partial charge in [-0.3, -0.25) is 14.9 Å². The normalized spacial score (nSPS) is 14.6. The van der Waals surface area contributed by atoms with Crippen LogP contribution in [0.1, 0.15) is 16.7 Å². The molecular formula is C31H23ClN2O7S. The Morgan fingerprint density at radius 2 is 1.48 bits per heavy atom. The maximum absolute atomic E-state index is 13.2. The topological polar surface area (TPSA) is 119 Å². The summed E-state index contributed by atoms with van der Waals surface area (Å²) >= 11 is 6.16. The van der Waals surface area contributed by atoms with E-state index in [4.69, 9.17) is 20.5 Å². The molecule has 212 valence electrons. The number of imide groups is 2. The first kappa shape index (κ1) is 28.6. The molecule has 0 unspecified atom stereocenters. The van der Waals surface area contributed by atoms with Crippen molar-refractivity contribution in [3.8, 4) is 11.5 Å². The summed E-state index contributed by atoms with van der Waals surface area (Å²) in [7, 11) is -4.05. The van der Waals surface area contributed by atoms with Gasteiger partial charge in [0.15, 0.2) is 0 Å². The van der Waals surface area contributed by atoms with Crippen molar-refractivity contribution >= 4 is 51.3 Å². The van der Waals surface area contributed by atoms with Crippen molar-refractivity contribution in [3.63, 3.8) is 0 Å². The largest absolute Gasteiger partial charge is 0.489 e. The van der Waals surface area contributed by atoms with Crippen molar-refractivity contribution in [2.75, 3.05) is 4.90 Å². The van der Waals surface area contributed by atoms with Crippen LogP contribution in [0.4, 0.5) is 10.5 Å². The smallest absolute Gasteiger partial charge is 0.339 e. The zero-order valence-corrected chi connectivity index (χ0v) is 23.7. The number of nitrogens with one attached hydrogen (secondary N) is 1. The van der Waals surface area contributed by atoms with E-state index in [-0.39, 0.29) is 28.5 Å². The van der Waals surface area contributed by atoms with Gasteiger partial charge in [-0.2, -0.15) is 8.42 Å². The highest BCUT2D eigenvalue weighted by atomic mass is 35.5. The molecule has 4 aromatic carbocycles. The molecule has 4 amide bonds. The number of ether oxygens (including phenoxy) is 1. The number of carbonyl (C=O) groups is 3. The van der Waals surface area contributed by atoms with Crippen LogP contribution in [0.3, 0.4) is 0 Å². The number of benzene rings is 4. The van der Waals surface area contributed by atoms with E-state index in [1.165, 1.54) is 54.6 Å². The van der Waals surface area contributed by atoms with E-state index < -0.39 is 28.0 Å². The quantitative estimate of drug-likeness (QED) is 0.157. The summed E-state index contributed by atoms with van der Waals surface area (Å²) in [6.45, 7) is 2.07. The van der Waals surface area contributed by atoms with Crippen LogP contribution >= 0.6 is 11.6 Å². The van der Waals surface area contributed by atoms with Gasteiger partial charge in [0.1, 0.15) is 28.6 Å². The highest BCUT2D eigenvalue weighted by molar-refractivity contribution is 7.87. The minimum atomic E-state index is -4.05. The second-order valence-electron chi connectivity index (χ2n) is 9.25. The van der Waals surface area contributed by atoms with Gasteiger partial charge >= 0.3 is 16.1 Å². The molecule has 0 atom stereocenters. The van der Waals surface area contributed by atoms with Crippen molar-refractivity contribution in [2.24, 2.45) is 0 Å². The number of amides is 4. The molecular weight excluding hydrogens is 580 g/mol. The van der Waals surface area contributed by atoms with E-state index in [2.05, 4.69) is 5.32 Å². The van der Waals surface area contributed by atoms with Crippen molar-refractivity contribution in [1.29, 1.82) is 0 Å². The molecule has 4 aromatic rings. The number of anilines is 1. The predicted molar refractivity (Wildman–Crippen MR) is 157 cm³/mol. The number of nitrogens with zero attached hydrogens (tertiary/aromatic N) is 1. The Morgan fingerprint density at radius 1 is 0.833 bits per heavy atom. The summed E-state index contributed by atoms with van der Waals surface area (Å²) in [4.78, 5) is 39.2. The van der Waals surface area contributed by atoms with Crippen molar-refractivity contribution in [2.45, 2.75) is 18.4 Å². The average molecular weight is 603 g/mol. The van der Waals surface area contributed by atoms with Crippen molar-refractivity contribution in [1.82, 2.24) is 5.32 Å². The molecule has 1 saturated heterocycles. The van der Waals surface area contributed by atoms with E-state index in [0.29, 0.717) is 16.3 Å². The van der Waals surface area contributed by atoms with Gasteiger partial charge in [0.2, 0.25) is 0 Å². The Morgan fingerprint density at radius 3 is 2.14 bits per heavy atom. The molecule has 0 aromatic heterocycles. The number of barbiturate groups is 1. The lowest BCUT2D eigenvalue weighted by Crippen LogP contribution is -2.54. The summed E-state index contributed by atoms with van der Waals surface area (Å²) in [5.74, 6) is -1.15. The predicted octanol–water partition coefficient (Wildman–Crippen LogP) is 5.66. The summed E-state index contributed by atoms with van der Waals surface area (Å²) < 4.78 is 36.1. The van der Waals surface area contributed by atoms with Crippen molar-refractivity contribution in [3.05, 3.63) is 124 Å². The van der Waals surface area contributed by atoms with Crippen LogP contribution < -0.4 is 19.1 Å². The van der Waals surface area contributed by atoms with Gasteiger partial charge in [-0.1, -0.05) is 59.6 Å². The zero-order valence-electron chi connectivity index (χ0n) is 22.1. The molecule has 1 fully saturated rings. The number of carbonyl (C=O) groups excluding carboxylic acids is 3. The molecule has 1 aliphatic rings. The van der Waals surface area contributed by atoms with Gasteiger partial charge < -0.3 is 8.92 Å². The lowest BCUT2D eigenvalue weighted by atomic mass is 10.1. The minimum Gasteiger partial charge on any atom is -0.489 e. The monoisotopic (exact) mass is 602 g/mol. The Balaban J connectivity index is 1.30. The third-order valence-electron chi connectivity index (χ3n) is 6.26. The van der Waals surface area contributed by atoms with Crippen LogP contribution in [-0.2, 0) is 26.3 Å². The maximum atomic E-state index is 13.2. The Hall–Kier alpha value is -4.93. The molecule has 1 N–H and O–H groups in total. The highest BCUT2D eigenvalue weighted by Gasteiger charge is 2.36. The van der Waals surface area contributed by atoms with Gasteiger partial charge in [0.05, 0.1) is 5.69 Å². The Kier molecular flexibility index (Phi) is 8.10. The Bertz CT molecular complexity index is 1800. The first-order valence-electron chi connectivity index (χ1n) is 12.6. The first-order valence-corrected chi connectivity index (χ1v) is 14.4. The lowest BCUT2D eigenvalue weighted by Gasteiger charge is -2.26. The maximum Gasteiger partial charge on any atom is 0.339 e. The first-order chi connectivity index (χ1) is 20.1. The molecule has 0 bridgehead atoms. The van der Waals surface area contributed by atoms with Gasteiger partial charge in [-0.05, 0) is 73.2 Å². The van der Waals surface area contributed by atoms with Gasteiger partial charge in [-0.15, -0.1) is 0 Å². The molecule has 0 spiro atoms. The van der Waals surface area contributed by atoms with Crippen LogP contribution in [0.5, 0.6) is 11.5 Å². The number of hydrogen-bond acceptors (Lipinski definition) is 7. The van der Waals surface area contributed by atoms with E-state index in [0.717, 1.165) is 16.0 Å². The van der Waals surface area contributed by atoms with Crippen LogP contribution in [0.2, 0.25) is 5.02 Å². The molecule has 1 heterocycles. The fourth-order valence-corrected chi connectivity index (χ4v) is 5.15. The third-order valence-corrected chi connectivity index (χ3v) is 7.89. The molecule has 0 saturated carbocycles. The molecule has 42 heavy (non-hydrogen) atoms. The molecule has 5 rings (SSSR count). The molecule has 9 nitrogen and oxygen atoms in total. The van der Waals surface area contributed by atoms with Crippen LogP contribution in [-0.4, -0.2) is 26.3 Å². The fraction of sp³-hybridized carbons (Fsp3) is 0.0645. The number of hydrogen-bond donors (Lipinski definition) is 1. The zero-order chi connectivity index (χ0) is 29.9. The summed E-state index contributed by atoms with van der Waals surface area (Å²) in [5.41, 5.74) is 2.06. The second-order valence-corrected chi connectivity index (χ2v) is 11.2. The molecule has 0 radical (unpaired) electrons. The summed E-state index contributed by atoms with van der Waals surface area (Å²) in [6, 6.07) is 24.6. The summed E-state index contributed by atoms with van der Waals surface area (Å²) in [5, 5.41) is 2.74. The number of halogens is 1. The number of urea groups is 1. The number of rotatable bonds is 8. The Labute approximate surface area is 247 Å². The highest BCUT2D eigenvalue weighted by Crippen LogP contribution is 2.26. The molecule has 0 aliphatic carbocycles.